The van der Waals surface area contributed by atoms with Gasteiger partial charge >= 0.3 is 0 Å². The number of nitrogens with zero attached hydrogens (tertiary/aromatic N) is 2. The molecule has 18 heavy (non-hydrogen) atoms. The van der Waals surface area contributed by atoms with E-state index in [0.717, 1.165) is 5.82 Å². The van der Waals surface area contributed by atoms with Gasteiger partial charge in [0.1, 0.15) is 5.82 Å². The molecule has 0 aliphatic carbocycles. The van der Waals surface area contributed by atoms with Gasteiger partial charge < -0.3 is 0 Å². The Morgan fingerprint density at radius 1 is 1.06 bits per heavy atom. The van der Waals surface area contributed by atoms with Gasteiger partial charge in [0.05, 0.1) is 0 Å². The topological polar surface area (TPSA) is 25.8 Å². The Labute approximate surface area is 112 Å². The highest BCUT2D eigenvalue weighted by Gasteiger charge is 2.26. The van der Waals surface area contributed by atoms with Crippen molar-refractivity contribution in [2.45, 2.75) is 78.1 Å². The molecule has 1 rings (SSSR count). The first kappa shape index (κ1) is 15.1. The number of rotatable bonds is 8. The molecule has 1 heterocycles. The van der Waals surface area contributed by atoms with Gasteiger partial charge in [0.2, 0.25) is 0 Å². The van der Waals surface area contributed by atoms with Crippen molar-refractivity contribution in [3.63, 3.8) is 0 Å². The SMILES string of the molecule is CCCCCCC(C)(CCC)c1ccnc(C)n1. The quantitative estimate of drug-likeness (QED) is 0.617. The number of hydrogen-bond acceptors (Lipinski definition) is 2. The first-order chi connectivity index (χ1) is 8.62. The van der Waals surface area contributed by atoms with Crippen molar-refractivity contribution in [1.82, 2.24) is 9.97 Å². The Morgan fingerprint density at radius 2 is 1.83 bits per heavy atom. The fourth-order valence-corrected chi connectivity index (χ4v) is 2.67. The summed E-state index contributed by atoms with van der Waals surface area (Å²) in [5.74, 6) is 0.892. The van der Waals surface area contributed by atoms with Gasteiger partial charge in [0.15, 0.2) is 0 Å². The lowest BCUT2D eigenvalue weighted by Gasteiger charge is -2.29. The van der Waals surface area contributed by atoms with Crippen molar-refractivity contribution in [3.8, 4) is 0 Å². The maximum atomic E-state index is 4.65. The van der Waals surface area contributed by atoms with Gasteiger partial charge in [-0.2, -0.15) is 0 Å². The van der Waals surface area contributed by atoms with Crippen LogP contribution in [0.15, 0.2) is 12.3 Å². The van der Waals surface area contributed by atoms with Gasteiger partial charge in [-0.1, -0.05) is 52.9 Å². The molecular formula is C16H28N2. The summed E-state index contributed by atoms with van der Waals surface area (Å²) in [6.07, 6.45) is 10.9. The standard InChI is InChI=1S/C16H28N2/c1-5-7-8-9-12-16(4,11-6-2)15-10-13-17-14(3)18-15/h10,13H,5-9,11-12H2,1-4H3. The van der Waals surface area contributed by atoms with Crippen molar-refractivity contribution >= 4 is 0 Å². The lowest BCUT2D eigenvalue weighted by Crippen LogP contribution is -2.23. The summed E-state index contributed by atoms with van der Waals surface area (Å²) in [4.78, 5) is 8.86. The van der Waals surface area contributed by atoms with E-state index in [4.69, 9.17) is 0 Å². The molecule has 0 aromatic carbocycles. The minimum atomic E-state index is 0.232. The van der Waals surface area contributed by atoms with Crippen LogP contribution in [0.5, 0.6) is 0 Å². The van der Waals surface area contributed by atoms with E-state index in [0.29, 0.717) is 0 Å². The van der Waals surface area contributed by atoms with Crippen LogP contribution in [0.3, 0.4) is 0 Å². The molecule has 0 N–H and O–H groups in total. The summed E-state index contributed by atoms with van der Waals surface area (Å²) >= 11 is 0. The molecule has 0 radical (unpaired) electrons. The number of hydrogen-bond donors (Lipinski definition) is 0. The molecule has 0 aliphatic rings. The maximum Gasteiger partial charge on any atom is 0.125 e. The molecule has 1 aromatic rings. The monoisotopic (exact) mass is 248 g/mol. The molecule has 1 atom stereocenters. The summed E-state index contributed by atoms with van der Waals surface area (Å²) in [6.45, 7) is 8.87. The third-order valence-electron chi connectivity index (χ3n) is 3.78. The number of aryl methyl sites for hydroxylation is 1. The summed E-state index contributed by atoms with van der Waals surface area (Å²) in [6, 6.07) is 2.10. The van der Waals surface area contributed by atoms with E-state index >= 15 is 0 Å². The molecule has 0 saturated heterocycles. The Bertz CT molecular complexity index is 349. The minimum Gasteiger partial charge on any atom is -0.242 e. The lowest BCUT2D eigenvalue weighted by molar-refractivity contribution is 0.366. The molecule has 0 saturated carbocycles. The lowest BCUT2D eigenvalue weighted by atomic mass is 9.77. The van der Waals surface area contributed by atoms with E-state index in [1.807, 2.05) is 13.1 Å². The van der Waals surface area contributed by atoms with Gasteiger partial charge in [-0.05, 0) is 25.8 Å². The van der Waals surface area contributed by atoms with E-state index in [-0.39, 0.29) is 5.41 Å². The first-order valence-electron chi connectivity index (χ1n) is 7.42. The fraction of sp³-hybridized carbons (Fsp3) is 0.750. The van der Waals surface area contributed by atoms with Gasteiger partial charge in [-0.3, -0.25) is 0 Å². The second-order valence-corrected chi connectivity index (χ2v) is 5.61. The first-order valence-corrected chi connectivity index (χ1v) is 7.42. The van der Waals surface area contributed by atoms with Gasteiger partial charge in [0, 0.05) is 17.3 Å². The normalized spacial score (nSPS) is 14.4. The third-order valence-corrected chi connectivity index (χ3v) is 3.78. The summed E-state index contributed by atoms with van der Waals surface area (Å²) < 4.78 is 0. The Kier molecular flexibility index (Phi) is 6.31. The van der Waals surface area contributed by atoms with E-state index in [1.165, 1.54) is 50.6 Å². The van der Waals surface area contributed by atoms with Crippen molar-refractivity contribution in [2.24, 2.45) is 0 Å². The van der Waals surface area contributed by atoms with Crippen LogP contribution in [-0.4, -0.2) is 9.97 Å². The minimum absolute atomic E-state index is 0.232. The van der Waals surface area contributed by atoms with E-state index in [2.05, 4.69) is 36.8 Å². The van der Waals surface area contributed by atoms with Gasteiger partial charge in [-0.15, -0.1) is 0 Å². The van der Waals surface area contributed by atoms with E-state index in [1.54, 1.807) is 0 Å². The molecule has 0 bridgehead atoms. The highest BCUT2D eigenvalue weighted by molar-refractivity contribution is 5.14. The van der Waals surface area contributed by atoms with Crippen molar-refractivity contribution in [2.75, 3.05) is 0 Å². The Balaban J connectivity index is 2.72. The summed E-state index contributed by atoms with van der Waals surface area (Å²) in [7, 11) is 0. The zero-order valence-electron chi connectivity index (χ0n) is 12.5. The molecule has 0 spiro atoms. The summed E-state index contributed by atoms with van der Waals surface area (Å²) in [5.41, 5.74) is 1.46. The largest absolute Gasteiger partial charge is 0.242 e. The molecule has 0 amide bonds. The predicted octanol–water partition coefficient (Wildman–Crippen LogP) is 4.81. The Hall–Kier alpha value is -0.920. The van der Waals surface area contributed by atoms with Gasteiger partial charge in [0.25, 0.3) is 0 Å². The predicted molar refractivity (Wildman–Crippen MR) is 77.8 cm³/mol. The zero-order chi connectivity index (χ0) is 13.4. The van der Waals surface area contributed by atoms with Crippen LogP contribution in [0.2, 0.25) is 0 Å². The molecular weight excluding hydrogens is 220 g/mol. The summed E-state index contributed by atoms with van der Waals surface area (Å²) in [5, 5.41) is 0. The molecule has 0 fully saturated rings. The van der Waals surface area contributed by atoms with E-state index in [9.17, 15) is 0 Å². The fourth-order valence-electron chi connectivity index (χ4n) is 2.67. The second-order valence-electron chi connectivity index (χ2n) is 5.61. The third kappa shape index (κ3) is 4.40. The maximum absolute atomic E-state index is 4.65. The number of unbranched alkanes of at least 4 members (excludes halogenated alkanes) is 3. The second kappa shape index (κ2) is 7.50. The van der Waals surface area contributed by atoms with E-state index < -0.39 is 0 Å². The van der Waals surface area contributed by atoms with Crippen LogP contribution in [0.25, 0.3) is 0 Å². The van der Waals surface area contributed by atoms with Crippen LogP contribution in [-0.2, 0) is 5.41 Å². The Morgan fingerprint density at radius 3 is 2.44 bits per heavy atom. The molecule has 2 heteroatoms. The van der Waals surface area contributed by atoms with Crippen molar-refractivity contribution < 1.29 is 0 Å². The zero-order valence-corrected chi connectivity index (χ0v) is 12.5. The molecule has 102 valence electrons. The van der Waals surface area contributed by atoms with Gasteiger partial charge in [-0.25, -0.2) is 9.97 Å². The van der Waals surface area contributed by atoms with Crippen LogP contribution in [0.1, 0.15) is 77.2 Å². The molecule has 1 aromatic heterocycles. The van der Waals surface area contributed by atoms with Crippen LogP contribution >= 0.6 is 0 Å². The molecule has 2 nitrogen and oxygen atoms in total. The molecule has 1 unspecified atom stereocenters. The van der Waals surface area contributed by atoms with Crippen molar-refractivity contribution in [3.05, 3.63) is 23.8 Å². The average Bonchev–Trinajstić information content (AvgIpc) is 2.35. The van der Waals surface area contributed by atoms with Crippen LogP contribution < -0.4 is 0 Å². The smallest absolute Gasteiger partial charge is 0.125 e. The highest BCUT2D eigenvalue weighted by Crippen LogP contribution is 2.33. The van der Waals surface area contributed by atoms with Crippen LogP contribution in [0.4, 0.5) is 0 Å². The highest BCUT2D eigenvalue weighted by atomic mass is 14.9. The number of aromatic nitrogens is 2. The average molecular weight is 248 g/mol. The van der Waals surface area contributed by atoms with Crippen molar-refractivity contribution in [1.29, 1.82) is 0 Å². The van der Waals surface area contributed by atoms with Crippen LogP contribution in [0, 0.1) is 6.92 Å². The molecule has 0 aliphatic heterocycles.